The van der Waals surface area contributed by atoms with Gasteiger partial charge in [0.25, 0.3) is 0 Å². The minimum atomic E-state index is 0.179. The normalized spacial score (nSPS) is 15.0. The van der Waals surface area contributed by atoms with E-state index >= 15 is 0 Å². The van der Waals surface area contributed by atoms with Gasteiger partial charge in [-0.1, -0.05) is 36.3 Å². The van der Waals surface area contributed by atoms with E-state index in [-0.39, 0.29) is 5.91 Å². The Hall–Kier alpha value is -2.37. The second-order valence-electron chi connectivity index (χ2n) is 5.80. The van der Waals surface area contributed by atoms with E-state index in [9.17, 15) is 4.79 Å². The molecular formula is C17H22N4O2. The molecule has 1 aromatic heterocycles. The molecule has 0 radical (unpaired) electrons. The van der Waals surface area contributed by atoms with Gasteiger partial charge in [-0.2, -0.15) is 0 Å². The number of hydrogen-bond donors (Lipinski definition) is 0. The maximum atomic E-state index is 12.5. The number of piperazine rings is 1. The topological polar surface area (TPSA) is 62.5 Å². The lowest BCUT2D eigenvalue weighted by molar-refractivity contribution is -0.130. The van der Waals surface area contributed by atoms with Gasteiger partial charge >= 0.3 is 6.01 Å². The van der Waals surface area contributed by atoms with Gasteiger partial charge in [-0.25, -0.2) is 0 Å². The maximum Gasteiger partial charge on any atom is 0.318 e. The highest BCUT2D eigenvalue weighted by molar-refractivity contribution is 5.79. The van der Waals surface area contributed by atoms with Crippen LogP contribution in [-0.2, 0) is 17.6 Å². The molecular weight excluding hydrogens is 292 g/mol. The van der Waals surface area contributed by atoms with E-state index in [1.165, 1.54) is 0 Å². The van der Waals surface area contributed by atoms with Crippen molar-refractivity contribution in [2.45, 2.75) is 26.7 Å². The molecule has 1 aromatic carbocycles. The molecule has 122 valence electrons. The van der Waals surface area contributed by atoms with E-state index in [0.29, 0.717) is 31.4 Å². The van der Waals surface area contributed by atoms with Crippen molar-refractivity contribution >= 4 is 11.9 Å². The van der Waals surface area contributed by atoms with E-state index in [1.807, 2.05) is 47.9 Å². The van der Waals surface area contributed by atoms with Gasteiger partial charge in [0.05, 0.1) is 6.42 Å². The molecule has 1 aliphatic rings. The average molecular weight is 314 g/mol. The summed E-state index contributed by atoms with van der Waals surface area (Å²) in [7, 11) is 0. The van der Waals surface area contributed by atoms with E-state index in [2.05, 4.69) is 10.2 Å². The Kier molecular flexibility index (Phi) is 4.60. The summed E-state index contributed by atoms with van der Waals surface area (Å²) in [6.45, 7) is 6.86. The third-order valence-corrected chi connectivity index (χ3v) is 4.26. The van der Waals surface area contributed by atoms with Crippen molar-refractivity contribution in [2.24, 2.45) is 0 Å². The quantitative estimate of drug-likeness (QED) is 0.861. The van der Waals surface area contributed by atoms with Crippen molar-refractivity contribution in [1.29, 1.82) is 0 Å². The fourth-order valence-electron chi connectivity index (χ4n) is 2.75. The Bertz CT molecular complexity index is 675. The molecule has 1 amide bonds. The zero-order valence-electron chi connectivity index (χ0n) is 13.7. The molecule has 1 aliphatic heterocycles. The van der Waals surface area contributed by atoms with Crippen LogP contribution in [0, 0.1) is 6.92 Å². The van der Waals surface area contributed by atoms with Gasteiger partial charge in [0.2, 0.25) is 11.8 Å². The number of benzene rings is 1. The number of rotatable bonds is 4. The third kappa shape index (κ3) is 3.52. The molecule has 0 bridgehead atoms. The first kappa shape index (κ1) is 15.5. The maximum absolute atomic E-state index is 12.5. The first-order valence-electron chi connectivity index (χ1n) is 8.07. The van der Waals surface area contributed by atoms with E-state index in [1.54, 1.807) is 0 Å². The minimum Gasteiger partial charge on any atom is -0.408 e. The molecule has 3 rings (SSSR count). The molecule has 0 spiro atoms. The van der Waals surface area contributed by atoms with Crippen molar-refractivity contribution in [3.05, 3.63) is 41.3 Å². The van der Waals surface area contributed by atoms with Crippen LogP contribution in [0.25, 0.3) is 0 Å². The second-order valence-corrected chi connectivity index (χ2v) is 5.80. The number of carbonyl (C=O) groups is 1. The van der Waals surface area contributed by atoms with Crippen LogP contribution in [0.5, 0.6) is 0 Å². The summed E-state index contributed by atoms with van der Waals surface area (Å²) in [6, 6.07) is 8.61. The molecule has 0 saturated carbocycles. The number of aryl methyl sites for hydroxylation is 2. The fourth-order valence-corrected chi connectivity index (χ4v) is 2.75. The summed E-state index contributed by atoms with van der Waals surface area (Å²) in [5.41, 5.74) is 2.27. The van der Waals surface area contributed by atoms with Crippen molar-refractivity contribution in [2.75, 3.05) is 31.1 Å². The van der Waals surface area contributed by atoms with Crippen LogP contribution in [0.3, 0.4) is 0 Å². The predicted octanol–water partition coefficient (Wildman–Crippen LogP) is 1.83. The third-order valence-electron chi connectivity index (χ3n) is 4.26. The molecule has 0 N–H and O–H groups in total. The van der Waals surface area contributed by atoms with Crippen LogP contribution in [0.15, 0.2) is 28.7 Å². The van der Waals surface area contributed by atoms with E-state index in [0.717, 1.165) is 30.6 Å². The number of carbonyl (C=O) groups excluding carboxylic acids is 1. The van der Waals surface area contributed by atoms with Crippen LogP contribution in [0.4, 0.5) is 6.01 Å². The van der Waals surface area contributed by atoms with Crippen LogP contribution in [-0.4, -0.2) is 47.2 Å². The Morgan fingerprint density at radius 2 is 1.91 bits per heavy atom. The molecule has 1 fully saturated rings. The van der Waals surface area contributed by atoms with E-state index in [4.69, 9.17) is 4.42 Å². The zero-order valence-corrected chi connectivity index (χ0v) is 13.7. The standard InChI is InChI=1S/C17H22N4O2/c1-3-15-18-19-17(23-15)21-10-8-20(9-11-21)16(22)12-14-7-5-4-6-13(14)2/h4-7H,3,8-12H2,1-2H3. The summed E-state index contributed by atoms with van der Waals surface area (Å²) in [5.74, 6) is 0.830. The largest absolute Gasteiger partial charge is 0.408 e. The van der Waals surface area contributed by atoms with Crippen LogP contribution in [0.2, 0.25) is 0 Å². The number of nitrogens with zero attached hydrogens (tertiary/aromatic N) is 4. The average Bonchev–Trinajstić information content (AvgIpc) is 3.06. The van der Waals surface area contributed by atoms with Gasteiger partial charge in [0.15, 0.2) is 0 Å². The summed E-state index contributed by atoms with van der Waals surface area (Å²) in [4.78, 5) is 16.4. The zero-order chi connectivity index (χ0) is 16.2. The summed E-state index contributed by atoms with van der Waals surface area (Å²) >= 11 is 0. The number of amides is 1. The molecule has 23 heavy (non-hydrogen) atoms. The highest BCUT2D eigenvalue weighted by atomic mass is 16.4. The number of hydrogen-bond acceptors (Lipinski definition) is 5. The van der Waals surface area contributed by atoms with E-state index < -0.39 is 0 Å². The predicted molar refractivity (Wildman–Crippen MR) is 87.4 cm³/mol. The Morgan fingerprint density at radius 3 is 2.57 bits per heavy atom. The lowest BCUT2D eigenvalue weighted by Crippen LogP contribution is -2.49. The van der Waals surface area contributed by atoms with Crippen molar-refractivity contribution in [3.63, 3.8) is 0 Å². The second kappa shape index (κ2) is 6.81. The van der Waals surface area contributed by atoms with Crippen molar-refractivity contribution in [1.82, 2.24) is 15.1 Å². The summed E-state index contributed by atoms with van der Waals surface area (Å²) in [5, 5.41) is 8.06. The molecule has 0 aliphatic carbocycles. The molecule has 0 atom stereocenters. The van der Waals surface area contributed by atoms with Gasteiger partial charge in [0.1, 0.15) is 0 Å². The van der Waals surface area contributed by atoms with Gasteiger partial charge < -0.3 is 14.2 Å². The Labute approximate surface area is 136 Å². The van der Waals surface area contributed by atoms with Crippen LogP contribution >= 0.6 is 0 Å². The highest BCUT2D eigenvalue weighted by Gasteiger charge is 2.24. The van der Waals surface area contributed by atoms with Crippen molar-refractivity contribution < 1.29 is 9.21 Å². The fraction of sp³-hybridized carbons (Fsp3) is 0.471. The van der Waals surface area contributed by atoms with Crippen molar-refractivity contribution in [3.8, 4) is 0 Å². The first-order chi connectivity index (χ1) is 11.2. The van der Waals surface area contributed by atoms with Gasteiger partial charge in [0, 0.05) is 32.6 Å². The smallest absolute Gasteiger partial charge is 0.318 e. The summed E-state index contributed by atoms with van der Waals surface area (Å²) < 4.78 is 5.58. The van der Waals surface area contributed by atoms with Gasteiger partial charge in [-0.15, -0.1) is 5.10 Å². The highest BCUT2D eigenvalue weighted by Crippen LogP contribution is 2.16. The Morgan fingerprint density at radius 1 is 1.17 bits per heavy atom. The molecule has 0 unspecified atom stereocenters. The number of aromatic nitrogens is 2. The summed E-state index contributed by atoms with van der Waals surface area (Å²) in [6.07, 6.45) is 1.20. The molecule has 1 saturated heterocycles. The monoisotopic (exact) mass is 314 g/mol. The lowest BCUT2D eigenvalue weighted by Gasteiger charge is -2.33. The molecule has 6 nitrogen and oxygen atoms in total. The number of anilines is 1. The molecule has 6 heteroatoms. The van der Waals surface area contributed by atoms with Gasteiger partial charge in [-0.3, -0.25) is 4.79 Å². The molecule has 2 heterocycles. The lowest BCUT2D eigenvalue weighted by atomic mass is 10.1. The SMILES string of the molecule is CCc1nnc(N2CCN(C(=O)Cc3ccccc3C)CC2)o1. The van der Waals surface area contributed by atoms with Crippen LogP contribution in [0.1, 0.15) is 23.9 Å². The van der Waals surface area contributed by atoms with Crippen LogP contribution < -0.4 is 4.90 Å². The van der Waals surface area contributed by atoms with Gasteiger partial charge in [-0.05, 0) is 18.1 Å². The Balaban J connectivity index is 1.56. The first-order valence-corrected chi connectivity index (χ1v) is 8.07. The molecule has 2 aromatic rings. The minimum absolute atomic E-state index is 0.179.